The van der Waals surface area contributed by atoms with Gasteiger partial charge in [0.1, 0.15) is 5.76 Å². The minimum atomic E-state index is 0.213. The van der Waals surface area contributed by atoms with Crippen molar-refractivity contribution in [1.82, 2.24) is 4.90 Å². The zero-order chi connectivity index (χ0) is 11.4. The molecule has 1 aliphatic rings. The van der Waals surface area contributed by atoms with Crippen molar-refractivity contribution >= 4 is 5.78 Å². The van der Waals surface area contributed by atoms with Gasteiger partial charge in [0.15, 0.2) is 5.78 Å². The van der Waals surface area contributed by atoms with Crippen molar-refractivity contribution < 1.29 is 9.21 Å². The average molecular weight is 222 g/mol. The molecule has 4 heteroatoms. The molecule has 2 rings (SSSR count). The maximum atomic E-state index is 11.7. The summed E-state index contributed by atoms with van der Waals surface area (Å²) in [7, 11) is 0. The predicted octanol–water partition coefficient (Wildman–Crippen LogP) is 0.814. The first-order chi connectivity index (χ1) is 7.74. The number of piperidine rings is 1. The molecule has 0 unspecified atom stereocenters. The quantitative estimate of drug-likeness (QED) is 0.819. The topological polar surface area (TPSA) is 59.5 Å². The van der Waals surface area contributed by atoms with Gasteiger partial charge in [-0.25, -0.2) is 0 Å². The zero-order valence-corrected chi connectivity index (χ0v) is 9.39. The molecular formula is C12H18N2O2. The molecule has 0 atom stereocenters. The normalized spacial score (nSPS) is 18.8. The highest BCUT2D eigenvalue weighted by Gasteiger charge is 2.18. The molecule has 2 N–H and O–H groups in total. The Hall–Kier alpha value is -1.13. The van der Waals surface area contributed by atoms with Crippen molar-refractivity contribution in [3.05, 3.63) is 24.2 Å². The molecule has 1 aliphatic heterocycles. The van der Waals surface area contributed by atoms with Crippen molar-refractivity contribution in [2.24, 2.45) is 5.73 Å². The molecule has 2 heterocycles. The Bertz CT molecular complexity index is 327. The lowest BCUT2D eigenvalue weighted by Gasteiger charge is -2.29. The Morgan fingerprint density at radius 2 is 2.25 bits per heavy atom. The van der Waals surface area contributed by atoms with E-state index in [9.17, 15) is 4.79 Å². The number of likely N-dealkylation sites (tertiary alicyclic amines) is 1. The second-order valence-corrected chi connectivity index (χ2v) is 4.41. The predicted molar refractivity (Wildman–Crippen MR) is 61.1 cm³/mol. The first kappa shape index (κ1) is 11.4. The number of Topliss-reactive ketones (excluding diaryl/α,β-unsaturated/α-hetero) is 1. The van der Waals surface area contributed by atoms with Crippen molar-refractivity contribution in [2.45, 2.75) is 25.3 Å². The number of nitrogens with two attached hydrogens (primary N) is 1. The molecule has 0 amide bonds. The molecule has 0 bridgehead atoms. The summed E-state index contributed by atoms with van der Waals surface area (Å²) in [5.41, 5.74) is 5.81. The Labute approximate surface area is 95.4 Å². The minimum Gasteiger partial charge on any atom is -0.469 e. The van der Waals surface area contributed by atoms with Crippen LogP contribution in [0.3, 0.4) is 0 Å². The summed E-state index contributed by atoms with van der Waals surface area (Å²) in [6, 6.07) is 3.96. The minimum absolute atomic E-state index is 0.213. The van der Waals surface area contributed by atoms with Crippen molar-refractivity contribution in [1.29, 1.82) is 0 Å². The van der Waals surface area contributed by atoms with Crippen LogP contribution in [0.5, 0.6) is 0 Å². The van der Waals surface area contributed by atoms with Gasteiger partial charge in [0, 0.05) is 19.1 Å². The van der Waals surface area contributed by atoms with E-state index in [-0.39, 0.29) is 5.78 Å². The van der Waals surface area contributed by atoms with E-state index in [1.54, 1.807) is 6.26 Å². The third-order valence-corrected chi connectivity index (χ3v) is 2.98. The molecule has 0 saturated carbocycles. The fourth-order valence-electron chi connectivity index (χ4n) is 2.02. The van der Waals surface area contributed by atoms with E-state index in [4.69, 9.17) is 10.2 Å². The average Bonchev–Trinajstić information content (AvgIpc) is 2.74. The van der Waals surface area contributed by atoms with Crippen LogP contribution in [-0.2, 0) is 11.2 Å². The Balaban J connectivity index is 1.75. The summed E-state index contributed by atoms with van der Waals surface area (Å²) in [4.78, 5) is 13.9. The van der Waals surface area contributed by atoms with Crippen LogP contribution in [0.25, 0.3) is 0 Å². The number of furan rings is 1. The van der Waals surface area contributed by atoms with E-state index in [1.165, 1.54) is 0 Å². The highest BCUT2D eigenvalue weighted by atomic mass is 16.3. The van der Waals surface area contributed by atoms with Gasteiger partial charge in [0.25, 0.3) is 0 Å². The van der Waals surface area contributed by atoms with Gasteiger partial charge in [0.05, 0.1) is 19.2 Å². The van der Waals surface area contributed by atoms with Gasteiger partial charge in [-0.1, -0.05) is 0 Å². The molecule has 1 aromatic heterocycles. The van der Waals surface area contributed by atoms with Gasteiger partial charge in [-0.3, -0.25) is 9.69 Å². The van der Waals surface area contributed by atoms with Crippen LogP contribution in [-0.4, -0.2) is 36.4 Å². The summed E-state index contributed by atoms with van der Waals surface area (Å²) in [6.45, 7) is 2.39. The molecule has 1 saturated heterocycles. The van der Waals surface area contributed by atoms with Crippen LogP contribution >= 0.6 is 0 Å². The van der Waals surface area contributed by atoms with E-state index in [1.807, 2.05) is 12.1 Å². The fraction of sp³-hybridized carbons (Fsp3) is 0.583. The van der Waals surface area contributed by atoms with Gasteiger partial charge >= 0.3 is 0 Å². The third kappa shape index (κ3) is 3.18. The molecule has 88 valence electrons. The number of rotatable bonds is 4. The van der Waals surface area contributed by atoms with Gasteiger partial charge in [0.2, 0.25) is 0 Å². The van der Waals surface area contributed by atoms with E-state index >= 15 is 0 Å². The van der Waals surface area contributed by atoms with Crippen LogP contribution < -0.4 is 5.73 Å². The van der Waals surface area contributed by atoms with Crippen molar-refractivity contribution in [2.75, 3.05) is 19.6 Å². The van der Waals surface area contributed by atoms with E-state index in [0.29, 0.717) is 19.0 Å². The molecule has 0 radical (unpaired) electrons. The van der Waals surface area contributed by atoms with Crippen LogP contribution in [0.2, 0.25) is 0 Å². The summed E-state index contributed by atoms with van der Waals surface area (Å²) in [5, 5.41) is 0. The lowest BCUT2D eigenvalue weighted by atomic mass is 10.1. The first-order valence-electron chi connectivity index (χ1n) is 5.76. The monoisotopic (exact) mass is 222 g/mol. The number of carbonyl (C=O) groups excluding carboxylic acids is 1. The lowest BCUT2D eigenvalue weighted by molar-refractivity contribution is -0.120. The highest BCUT2D eigenvalue weighted by Crippen LogP contribution is 2.09. The largest absolute Gasteiger partial charge is 0.469 e. The summed E-state index contributed by atoms with van der Waals surface area (Å²) in [6.07, 6.45) is 3.99. The number of ketones is 1. The summed E-state index contributed by atoms with van der Waals surface area (Å²) in [5.74, 6) is 0.962. The highest BCUT2D eigenvalue weighted by molar-refractivity contribution is 5.82. The van der Waals surface area contributed by atoms with Crippen LogP contribution in [0.15, 0.2) is 22.8 Å². The third-order valence-electron chi connectivity index (χ3n) is 2.98. The molecule has 1 aromatic rings. The second kappa shape index (κ2) is 5.27. The Morgan fingerprint density at radius 1 is 1.50 bits per heavy atom. The number of hydrogen-bond donors (Lipinski definition) is 1. The molecule has 0 aliphatic carbocycles. The number of hydrogen-bond acceptors (Lipinski definition) is 4. The maximum Gasteiger partial charge on any atom is 0.154 e. The molecule has 4 nitrogen and oxygen atoms in total. The number of carbonyl (C=O) groups is 1. The standard InChI is InChI=1S/C12H18N2O2/c13-10-3-5-14(6-4-10)9-11(15)8-12-2-1-7-16-12/h1-2,7,10H,3-6,8-9,13H2. The van der Waals surface area contributed by atoms with E-state index < -0.39 is 0 Å². The zero-order valence-electron chi connectivity index (χ0n) is 9.39. The molecule has 0 aromatic carbocycles. The van der Waals surface area contributed by atoms with Crippen LogP contribution in [0, 0.1) is 0 Å². The second-order valence-electron chi connectivity index (χ2n) is 4.41. The Morgan fingerprint density at radius 3 is 2.88 bits per heavy atom. The van der Waals surface area contributed by atoms with Crippen molar-refractivity contribution in [3.63, 3.8) is 0 Å². The smallest absolute Gasteiger partial charge is 0.154 e. The van der Waals surface area contributed by atoms with E-state index in [2.05, 4.69) is 4.90 Å². The summed E-state index contributed by atoms with van der Waals surface area (Å²) < 4.78 is 5.15. The summed E-state index contributed by atoms with van der Waals surface area (Å²) >= 11 is 0. The Kier molecular flexibility index (Phi) is 3.74. The first-order valence-corrected chi connectivity index (χ1v) is 5.76. The van der Waals surface area contributed by atoms with Gasteiger partial charge in [-0.05, 0) is 25.0 Å². The van der Waals surface area contributed by atoms with E-state index in [0.717, 1.165) is 31.7 Å². The van der Waals surface area contributed by atoms with Crippen LogP contribution in [0.4, 0.5) is 0 Å². The fourth-order valence-corrected chi connectivity index (χ4v) is 2.02. The van der Waals surface area contributed by atoms with Gasteiger partial charge < -0.3 is 10.2 Å². The van der Waals surface area contributed by atoms with Crippen molar-refractivity contribution in [3.8, 4) is 0 Å². The number of nitrogens with zero attached hydrogens (tertiary/aromatic N) is 1. The molecule has 16 heavy (non-hydrogen) atoms. The molecule has 1 fully saturated rings. The van der Waals surface area contributed by atoms with Gasteiger partial charge in [-0.2, -0.15) is 0 Å². The maximum absolute atomic E-state index is 11.7. The molecular weight excluding hydrogens is 204 g/mol. The molecule has 0 spiro atoms. The SMILES string of the molecule is NC1CCN(CC(=O)Cc2ccco2)CC1. The van der Waals surface area contributed by atoms with Gasteiger partial charge in [-0.15, -0.1) is 0 Å². The van der Waals surface area contributed by atoms with Crippen LogP contribution in [0.1, 0.15) is 18.6 Å². The lowest BCUT2D eigenvalue weighted by Crippen LogP contribution is -2.42.